The van der Waals surface area contributed by atoms with Crippen LogP contribution in [0.1, 0.15) is 22.8 Å². The second-order valence-corrected chi connectivity index (χ2v) is 5.73. The highest BCUT2D eigenvalue weighted by molar-refractivity contribution is 6.08. The third-order valence-electron chi connectivity index (χ3n) is 4.16. The summed E-state index contributed by atoms with van der Waals surface area (Å²) in [4.78, 5) is 12.6. The van der Waals surface area contributed by atoms with Crippen LogP contribution in [0.5, 0.6) is 11.5 Å². The smallest absolute Gasteiger partial charge is 0.272 e. The second kappa shape index (κ2) is 7.70. The number of fused-ring (bicyclic) bond motifs is 1. The molecular weight excluding hydrogens is 328 g/mol. The minimum Gasteiger partial charge on any atom is -0.497 e. The Kier molecular flexibility index (Phi) is 5.17. The molecule has 1 N–H and O–H groups in total. The van der Waals surface area contributed by atoms with E-state index in [9.17, 15) is 4.79 Å². The lowest BCUT2D eigenvalue weighted by molar-refractivity contribution is 0.0956. The first-order valence-electron chi connectivity index (χ1n) is 8.19. The molecule has 0 fully saturated rings. The van der Waals surface area contributed by atoms with E-state index in [4.69, 9.17) is 9.47 Å². The van der Waals surface area contributed by atoms with Gasteiger partial charge in [0.05, 0.1) is 19.9 Å². The number of carbonyl (C=O) groups is 1. The summed E-state index contributed by atoms with van der Waals surface area (Å²) < 4.78 is 10.6. The van der Waals surface area contributed by atoms with E-state index in [0.717, 1.165) is 16.3 Å². The molecule has 5 nitrogen and oxygen atoms in total. The monoisotopic (exact) mass is 348 g/mol. The number of methoxy groups -OCH3 is 2. The van der Waals surface area contributed by atoms with Gasteiger partial charge in [-0.25, -0.2) is 5.43 Å². The van der Waals surface area contributed by atoms with Gasteiger partial charge in [0.2, 0.25) is 0 Å². The van der Waals surface area contributed by atoms with Crippen LogP contribution in [0.3, 0.4) is 0 Å². The first kappa shape index (κ1) is 17.5. The highest BCUT2D eigenvalue weighted by Crippen LogP contribution is 2.25. The van der Waals surface area contributed by atoms with Crippen LogP contribution in [-0.2, 0) is 0 Å². The number of benzene rings is 3. The van der Waals surface area contributed by atoms with Crippen molar-refractivity contribution in [2.45, 2.75) is 6.92 Å². The van der Waals surface area contributed by atoms with Crippen molar-refractivity contribution in [2.75, 3.05) is 14.2 Å². The molecule has 1 amide bonds. The molecule has 0 bridgehead atoms. The van der Waals surface area contributed by atoms with Crippen molar-refractivity contribution in [3.63, 3.8) is 0 Å². The fraction of sp³-hybridized carbons (Fsp3) is 0.143. The highest BCUT2D eigenvalue weighted by Gasteiger charge is 2.11. The molecule has 3 rings (SSSR count). The van der Waals surface area contributed by atoms with Crippen molar-refractivity contribution in [1.82, 2.24) is 5.43 Å². The molecule has 0 unspecified atom stereocenters. The molecular formula is C21H20N2O3. The van der Waals surface area contributed by atoms with Gasteiger partial charge in [-0.2, -0.15) is 5.10 Å². The highest BCUT2D eigenvalue weighted by atomic mass is 16.5. The predicted molar refractivity (Wildman–Crippen MR) is 103 cm³/mol. The number of carbonyl (C=O) groups excluding carboxylic acids is 1. The van der Waals surface area contributed by atoms with Gasteiger partial charge in [-0.05, 0) is 35.9 Å². The van der Waals surface area contributed by atoms with Crippen LogP contribution < -0.4 is 14.9 Å². The lowest BCUT2D eigenvalue weighted by Gasteiger charge is -2.10. The largest absolute Gasteiger partial charge is 0.497 e. The van der Waals surface area contributed by atoms with Gasteiger partial charge in [0, 0.05) is 17.2 Å². The SMILES string of the molecule is COc1ccc(/C(C)=N/NC(=O)c2cccc3ccccc23)c(OC)c1. The van der Waals surface area contributed by atoms with E-state index in [-0.39, 0.29) is 5.91 Å². The molecule has 0 aliphatic carbocycles. The van der Waals surface area contributed by atoms with Crippen LogP contribution in [0.15, 0.2) is 65.8 Å². The van der Waals surface area contributed by atoms with Crippen LogP contribution in [0.2, 0.25) is 0 Å². The van der Waals surface area contributed by atoms with Crippen molar-refractivity contribution in [1.29, 1.82) is 0 Å². The average Bonchev–Trinajstić information content (AvgIpc) is 2.70. The Hall–Kier alpha value is -3.34. The third kappa shape index (κ3) is 3.52. The number of nitrogens with zero attached hydrogens (tertiary/aromatic N) is 1. The normalized spacial score (nSPS) is 11.3. The van der Waals surface area contributed by atoms with Crippen LogP contribution in [0.4, 0.5) is 0 Å². The Morgan fingerprint density at radius 1 is 0.923 bits per heavy atom. The van der Waals surface area contributed by atoms with E-state index in [1.165, 1.54) is 0 Å². The molecule has 132 valence electrons. The van der Waals surface area contributed by atoms with Gasteiger partial charge in [-0.1, -0.05) is 36.4 Å². The van der Waals surface area contributed by atoms with Crippen LogP contribution in [0.25, 0.3) is 10.8 Å². The number of rotatable bonds is 5. The first-order chi connectivity index (χ1) is 12.6. The van der Waals surface area contributed by atoms with Gasteiger partial charge < -0.3 is 9.47 Å². The van der Waals surface area contributed by atoms with Crippen molar-refractivity contribution in [2.24, 2.45) is 5.10 Å². The van der Waals surface area contributed by atoms with E-state index in [2.05, 4.69) is 10.5 Å². The van der Waals surface area contributed by atoms with E-state index in [1.54, 1.807) is 26.4 Å². The Bertz CT molecular complexity index is 975. The third-order valence-corrected chi connectivity index (χ3v) is 4.16. The Balaban J connectivity index is 1.86. The molecule has 0 aliphatic rings. The Labute approximate surface area is 152 Å². The molecule has 0 atom stereocenters. The average molecular weight is 348 g/mol. The molecule has 26 heavy (non-hydrogen) atoms. The number of hydrogen-bond donors (Lipinski definition) is 1. The van der Waals surface area contributed by atoms with Gasteiger partial charge in [-0.3, -0.25) is 4.79 Å². The zero-order chi connectivity index (χ0) is 18.5. The van der Waals surface area contributed by atoms with E-state index >= 15 is 0 Å². The number of nitrogens with one attached hydrogen (secondary N) is 1. The zero-order valence-corrected chi connectivity index (χ0v) is 14.9. The fourth-order valence-electron chi connectivity index (χ4n) is 2.78. The van der Waals surface area contributed by atoms with Gasteiger partial charge in [0.25, 0.3) is 5.91 Å². The first-order valence-corrected chi connectivity index (χ1v) is 8.19. The second-order valence-electron chi connectivity index (χ2n) is 5.73. The molecule has 0 aliphatic heterocycles. The van der Waals surface area contributed by atoms with E-state index in [0.29, 0.717) is 22.8 Å². The number of hydrazone groups is 1. The summed E-state index contributed by atoms with van der Waals surface area (Å²) in [6.45, 7) is 1.81. The lowest BCUT2D eigenvalue weighted by Crippen LogP contribution is -2.19. The van der Waals surface area contributed by atoms with Crippen molar-refractivity contribution >= 4 is 22.4 Å². The molecule has 0 saturated carbocycles. The molecule has 3 aromatic carbocycles. The maximum Gasteiger partial charge on any atom is 0.272 e. The maximum absolute atomic E-state index is 12.6. The number of hydrogen-bond acceptors (Lipinski definition) is 4. The number of amides is 1. The van der Waals surface area contributed by atoms with Gasteiger partial charge >= 0.3 is 0 Å². The van der Waals surface area contributed by atoms with Crippen molar-refractivity contribution in [3.8, 4) is 11.5 Å². The van der Waals surface area contributed by atoms with Crippen LogP contribution in [-0.4, -0.2) is 25.8 Å². The standard InChI is InChI=1S/C21H20N2O3/c1-14(17-12-11-16(25-2)13-20(17)26-3)22-23-21(24)19-10-6-8-15-7-4-5-9-18(15)19/h4-13H,1-3H3,(H,23,24)/b22-14+. The lowest BCUT2D eigenvalue weighted by atomic mass is 10.0. The molecule has 0 saturated heterocycles. The summed E-state index contributed by atoms with van der Waals surface area (Å²) in [7, 11) is 3.18. The van der Waals surface area contributed by atoms with Crippen LogP contribution >= 0.6 is 0 Å². The summed E-state index contributed by atoms with van der Waals surface area (Å²) in [5, 5.41) is 6.14. The van der Waals surface area contributed by atoms with Gasteiger partial charge in [0.1, 0.15) is 11.5 Å². The summed E-state index contributed by atoms with van der Waals surface area (Å²) in [5.74, 6) is 1.07. The quantitative estimate of drug-likeness (QED) is 0.560. The fourth-order valence-corrected chi connectivity index (χ4v) is 2.78. The molecule has 5 heteroatoms. The molecule has 3 aromatic rings. The number of ether oxygens (including phenoxy) is 2. The topological polar surface area (TPSA) is 59.9 Å². The molecule has 0 aromatic heterocycles. The molecule has 0 heterocycles. The summed E-state index contributed by atoms with van der Waals surface area (Å²) in [5.41, 5.74) is 4.64. The van der Waals surface area contributed by atoms with E-state index < -0.39 is 0 Å². The van der Waals surface area contributed by atoms with Crippen LogP contribution in [0, 0.1) is 0 Å². The summed E-state index contributed by atoms with van der Waals surface area (Å²) in [6, 6.07) is 18.8. The van der Waals surface area contributed by atoms with Crippen molar-refractivity contribution in [3.05, 3.63) is 71.8 Å². The zero-order valence-electron chi connectivity index (χ0n) is 14.9. The Morgan fingerprint density at radius 2 is 1.69 bits per heavy atom. The minimum absolute atomic E-state index is 0.256. The van der Waals surface area contributed by atoms with E-state index in [1.807, 2.05) is 55.5 Å². The summed E-state index contributed by atoms with van der Waals surface area (Å²) >= 11 is 0. The minimum atomic E-state index is -0.256. The van der Waals surface area contributed by atoms with Crippen molar-refractivity contribution < 1.29 is 14.3 Å². The van der Waals surface area contributed by atoms with Gasteiger partial charge in [0.15, 0.2) is 0 Å². The predicted octanol–water partition coefficient (Wildman–Crippen LogP) is 4.01. The molecule has 0 radical (unpaired) electrons. The molecule has 0 spiro atoms. The summed E-state index contributed by atoms with van der Waals surface area (Å²) in [6.07, 6.45) is 0. The van der Waals surface area contributed by atoms with Gasteiger partial charge in [-0.15, -0.1) is 0 Å². The maximum atomic E-state index is 12.6. The Morgan fingerprint density at radius 3 is 2.46 bits per heavy atom.